The number of carbonyl (C=O) groups is 3. The Morgan fingerprint density at radius 3 is 2.41 bits per heavy atom. The van der Waals surface area contributed by atoms with Crippen molar-refractivity contribution >= 4 is 17.8 Å². The van der Waals surface area contributed by atoms with Crippen LogP contribution in [0.5, 0.6) is 0 Å². The summed E-state index contributed by atoms with van der Waals surface area (Å²) in [5.41, 5.74) is 0.00729. The molecule has 1 aromatic carbocycles. The third-order valence-corrected chi connectivity index (χ3v) is 5.10. The van der Waals surface area contributed by atoms with Crippen LogP contribution in [0.1, 0.15) is 36.3 Å². The van der Waals surface area contributed by atoms with Gasteiger partial charge in [-0.05, 0) is 30.5 Å². The van der Waals surface area contributed by atoms with Gasteiger partial charge in [0.15, 0.2) is 0 Å². The van der Waals surface area contributed by atoms with Crippen LogP contribution in [0, 0.1) is 0 Å². The summed E-state index contributed by atoms with van der Waals surface area (Å²) < 4.78 is 38.1. The molecule has 2 unspecified atom stereocenters. The highest BCUT2D eigenvalue weighted by molar-refractivity contribution is 6.07. The molecule has 4 amide bonds. The summed E-state index contributed by atoms with van der Waals surface area (Å²) in [7, 11) is 1.44. The van der Waals surface area contributed by atoms with E-state index in [1.165, 1.54) is 24.1 Å². The topological polar surface area (TPSA) is 69.7 Å². The molecule has 0 saturated carbocycles. The van der Waals surface area contributed by atoms with Crippen molar-refractivity contribution in [1.82, 2.24) is 15.1 Å². The first-order chi connectivity index (χ1) is 12.7. The van der Waals surface area contributed by atoms with E-state index in [4.69, 9.17) is 0 Å². The summed E-state index contributed by atoms with van der Waals surface area (Å²) in [6, 6.07) is 3.64. The van der Waals surface area contributed by atoms with Crippen molar-refractivity contribution in [3.05, 3.63) is 35.4 Å². The number of likely N-dealkylation sites (tertiary alicyclic amines) is 2. The fourth-order valence-corrected chi connectivity index (χ4v) is 3.55. The SMILES string of the molecule is CNC(=O)C1CC(=O)N1C(=O)N1CCCC(c2ccc(C(F)(F)F)cc2)C1. The van der Waals surface area contributed by atoms with Crippen molar-refractivity contribution in [3.8, 4) is 0 Å². The molecule has 27 heavy (non-hydrogen) atoms. The van der Waals surface area contributed by atoms with Crippen LogP contribution in [-0.2, 0) is 15.8 Å². The van der Waals surface area contributed by atoms with Gasteiger partial charge in [0, 0.05) is 26.1 Å². The number of halogens is 3. The van der Waals surface area contributed by atoms with Crippen LogP contribution in [0.25, 0.3) is 0 Å². The summed E-state index contributed by atoms with van der Waals surface area (Å²) in [4.78, 5) is 38.7. The number of piperidine rings is 1. The summed E-state index contributed by atoms with van der Waals surface area (Å²) in [5.74, 6) is -0.899. The average molecular weight is 383 g/mol. The number of β-lactam (4-membered cyclic amide) rings is 1. The zero-order valence-corrected chi connectivity index (χ0v) is 14.8. The van der Waals surface area contributed by atoms with Crippen LogP contribution in [0.15, 0.2) is 24.3 Å². The molecular formula is C18H20F3N3O3. The van der Waals surface area contributed by atoms with E-state index in [1.54, 1.807) is 0 Å². The molecule has 0 radical (unpaired) electrons. The number of nitrogens with zero attached hydrogens (tertiary/aromatic N) is 2. The first-order valence-electron chi connectivity index (χ1n) is 8.72. The lowest BCUT2D eigenvalue weighted by atomic mass is 9.90. The molecule has 2 aliphatic heterocycles. The fourth-order valence-electron chi connectivity index (χ4n) is 3.55. The van der Waals surface area contributed by atoms with E-state index in [2.05, 4.69) is 5.32 Å². The second-order valence-electron chi connectivity index (χ2n) is 6.79. The second-order valence-corrected chi connectivity index (χ2v) is 6.79. The number of benzene rings is 1. The zero-order valence-electron chi connectivity index (χ0n) is 14.8. The Labute approximate surface area is 154 Å². The van der Waals surface area contributed by atoms with Gasteiger partial charge in [0.2, 0.25) is 11.8 Å². The van der Waals surface area contributed by atoms with E-state index >= 15 is 0 Å². The predicted molar refractivity (Wildman–Crippen MR) is 89.7 cm³/mol. The Morgan fingerprint density at radius 1 is 1.19 bits per heavy atom. The van der Waals surface area contributed by atoms with Gasteiger partial charge in [0.1, 0.15) is 6.04 Å². The minimum absolute atomic E-state index is 0.00157. The van der Waals surface area contributed by atoms with Gasteiger partial charge in [-0.1, -0.05) is 12.1 Å². The lowest BCUT2D eigenvalue weighted by Gasteiger charge is -2.42. The molecule has 2 fully saturated rings. The molecular weight excluding hydrogens is 363 g/mol. The first kappa shape index (κ1) is 19.2. The third kappa shape index (κ3) is 3.77. The molecule has 2 heterocycles. The van der Waals surface area contributed by atoms with Crippen LogP contribution in [0.4, 0.5) is 18.0 Å². The summed E-state index contributed by atoms with van der Waals surface area (Å²) in [6.07, 6.45) is -2.98. The Bertz CT molecular complexity index is 748. The maximum atomic E-state index is 12.7. The number of hydrogen-bond donors (Lipinski definition) is 1. The lowest BCUT2D eigenvalue weighted by molar-refractivity contribution is -0.149. The second kappa shape index (κ2) is 7.21. The third-order valence-electron chi connectivity index (χ3n) is 5.10. The number of rotatable bonds is 2. The van der Waals surface area contributed by atoms with E-state index < -0.39 is 29.7 Å². The Kier molecular flexibility index (Phi) is 5.12. The average Bonchev–Trinajstić information content (AvgIpc) is 2.65. The normalized spacial score (nSPS) is 23.0. The van der Waals surface area contributed by atoms with Crippen molar-refractivity contribution in [2.75, 3.05) is 20.1 Å². The maximum absolute atomic E-state index is 12.7. The quantitative estimate of drug-likeness (QED) is 0.797. The highest BCUT2D eigenvalue weighted by atomic mass is 19.4. The molecule has 146 valence electrons. The first-order valence-corrected chi connectivity index (χ1v) is 8.72. The smallest absolute Gasteiger partial charge is 0.357 e. The van der Waals surface area contributed by atoms with E-state index in [1.807, 2.05) is 0 Å². The fraction of sp³-hybridized carbons (Fsp3) is 0.500. The van der Waals surface area contributed by atoms with Gasteiger partial charge in [-0.2, -0.15) is 13.2 Å². The number of likely N-dealkylation sites (N-methyl/N-ethyl adjacent to an activating group) is 1. The van der Waals surface area contributed by atoms with Crippen LogP contribution >= 0.6 is 0 Å². The van der Waals surface area contributed by atoms with Gasteiger partial charge in [0.25, 0.3) is 0 Å². The Hall–Kier alpha value is -2.58. The van der Waals surface area contributed by atoms with Crippen LogP contribution in [0.3, 0.4) is 0 Å². The highest BCUT2D eigenvalue weighted by Gasteiger charge is 2.47. The molecule has 2 atom stereocenters. The molecule has 2 aliphatic rings. The van der Waals surface area contributed by atoms with Gasteiger partial charge >= 0.3 is 12.2 Å². The van der Waals surface area contributed by atoms with Gasteiger partial charge in [-0.25, -0.2) is 4.79 Å². The summed E-state index contributed by atoms with van der Waals surface area (Å²) in [6.45, 7) is 0.745. The minimum Gasteiger partial charge on any atom is -0.357 e. The number of nitrogens with one attached hydrogen (secondary N) is 1. The number of urea groups is 1. The molecule has 0 aromatic heterocycles. The van der Waals surface area contributed by atoms with Crippen molar-refractivity contribution in [2.45, 2.75) is 37.4 Å². The van der Waals surface area contributed by atoms with Crippen molar-refractivity contribution in [1.29, 1.82) is 0 Å². The summed E-state index contributed by atoms with van der Waals surface area (Å²) in [5, 5.41) is 2.43. The standard InChI is InChI=1S/C18H20F3N3O3/c1-22-16(26)14-9-15(25)24(14)17(27)23-8-2-3-12(10-23)11-4-6-13(7-5-11)18(19,20)21/h4-7,12,14H,2-3,8-10H2,1H3,(H,22,26). The largest absolute Gasteiger partial charge is 0.416 e. The zero-order chi connectivity index (χ0) is 19.8. The van der Waals surface area contributed by atoms with Crippen LogP contribution in [-0.4, -0.2) is 53.8 Å². The molecule has 1 aromatic rings. The number of amides is 4. The van der Waals surface area contributed by atoms with Gasteiger partial charge in [0.05, 0.1) is 12.0 Å². The van der Waals surface area contributed by atoms with E-state index in [0.717, 1.165) is 29.0 Å². The van der Waals surface area contributed by atoms with Crippen molar-refractivity contribution in [2.24, 2.45) is 0 Å². The lowest BCUT2D eigenvalue weighted by Crippen LogP contribution is -2.64. The van der Waals surface area contributed by atoms with Gasteiger partial charge in [-0.15, -0.1) is 0 Å². The number of alkyl halides is 3. The number of hydrogen-bond acceptors (Lipinski definition) is 3. The van der Waals surface area contributed by atoms with E-state index in [0.29, 0.717) is 19.5 Å². The molecule has 3 rings (SSSR count). The molecule has 0 bridgehead atoms. The Morgan fingerprint density at radius 2 is 1.85 bits per heavy atom. The molecule has 9 heteroatoms. The maximum Gasteiger partial charge on any atom is 0.416 e. The molecule has 6 nitrogen and oxygen atoms in total. The van der Waals surface area contributed by atoms with Crippen molar-refractivity contribution < 1.29 is 27.6 Å². The number of carbonyl (C=O) groups excluding carboxylic acids is 3. The molecule has 2 saturated heterocycles. The van der Waals surface area contributed by atoms with Crippen LogP contribution in [0.2, 0.25) is 0 Å². The van der Waals surface area contributed by atoms with Gasteiger partial charge in [-0.3, -0.25) is 14.5 Å². The molecule has 0 spiro atoms. The number of imide groups is 1. The van der Waals surface area contributed by atoms with Crippen molar-refractivity contribution in [3.63, 3.8) is 0 Å². The summed E-state index contributed by atoms with van der Waals surface area (Å²) >= 11 is 0. The monoisotopic (exact) mass is 383 g/mol. The predicted octanol–water partition coefficient (Wildman–Crippen LogP) is 2.35. The van der Waals surface area contributed by atoms with E-state index in [9.17, 15) is 27.6 Å². The molecule has 1 N–H and O–H groups in total. The van der Waals surface area contributed by atoms with Gasteiger partial charge < -0.3 is 10.2 Å². The van der Waals surface area contributed by atoms with Crippen LogP contribution < -0.4 is 5.32 Å². The van der Waals surface area contributed by atoms with E-state index in [-0.39, 0.29) is 18.2 Å². The minimum atomic E-state index is -4.39. The Balaban J connectivity index is 1.70. The highest BCUT2D eigenvalue weighted by Crippen LogP contribution is 2.33. The molecule has 0 aliphatic carbocycles.